The second-order valence-corrected chi connectivity index (χ2v) is 4.98. The molecule has 3 heteroatoms. The van der Waals surface area contributed by atoms with E-state index in [0.29, 0.717) is 0 Å². The molecule has 1 aromatic heterocycles. The first-order chi connectivity index (χ1) is 9.34. The SMILES string of the molecule is Brc1cnc(-c2ccccc2)nc1-c1ccccc1. The van der Waals surface area contributed by atoms with Gasteiger partial charge in [0.15, 0.2) is 5.82 Å². The van der Waals surface area contributed by atoms with Crippen LogP contribution < -0.4 is 0 Å². The van der Waals surface area contributed by atoms with Crippen LogP contribution >= 0.6 is 15.9 Å². The monoisotopic (exact) mass is 310 g/mol. The number of rotatable bonds is 2. The predicted molar refractivity (Wildman–Crippen MR) is 80.6 cm³/mol. The lowest BCUT2D eigenvalue weighted by Crippen LogP contribution is -1.93. The summed E-state index contributed by atoms with van der Waals surface area (Å²) in [6.45, 7) is 0. The zero-order valence-corrected chi connectivity index (χ0v) is 11.7. The van der Waals surface area contributed by atoms with E-state index >= 15 is 0 Å². The van der Waals surface area contributed by atoms with E-state index in [1.54, 1.807) is 6.20 Å². The Balaban J connectivity index is 2.12. The average Bonchev–Trinajstić information content (AvgIpc) is 2.49. The van der Waals surface area contributed by atoms with Gasteiger partial charge >= 0.3 is 0 Å². The highest BCUT2D eigenvalue weighted by molar-refractivity contribution is 9.10. The molecule has 0 radical (unpaired) electrons. The van der Waals surface area contributed by atoms with Crippen molar-refractivity contribution in [1.29, 1.82) is 0 Å². The average molecular weight is 311 g/mol. The second-order valence-electron chi connectivity index (χ2n) is 4.12. The molecule has 2 aromatic carbocycles. The minimum atomic E-state index is 0.739. The summed E-state index contributed by atoms with van der Waals surface area (Å²) in [6, 6.07) is 20.1. The van der Waals surface area contributed by atoms with Crippen LogP contribution in [0.3, 0.4) is 0 Å². The van der Waals surface area contributed by atoms with Gasteiger partial charge in [-0.15, -0.1) is 0 Å². The van der Waals surface area contributed by atoms with E-state index in [0.717, 1.165) is 27.1 Å². The molecule has 0 unspecified atom stereocenters. The molecular weight excluding hydrogens is 300 g/mol. The van der Waals surface area contributed by atoms with Crippen LogP contribution in [0.1, 0.15) is 0 Å². The summed E-state index contributed by atoms with van der Waals surface area (Å²) >= 11 is 3.51. The molecule has 0 saturated carbocycles. The lowest BCUT2D eigenvalue weighted by Gasteiger charge is -2.06. The van der Waals surface area contributed by atoms with Gasteiger partial charge in [0.25, 0.3) is 0 Å². The van der Waals surface area contributed by atoms with Crippen LogP contribution in [0.25, 0.3) is 22.6 Å². The van der Waals surface area contributed by atoms with Crippen molar-refractivity contribution in [2.45, 2.75) is 0 Å². The molecule has 0 aliphatic heterocycles. The van der Waals surface area contributed by atoms with Crippen LogP contribution in [0.5, 0.6) is 0 Å². The Morgan fingerprint density at radius 2 is 1.32 bits per heavy atom. The smallest absolute Gasteiger partial charge is 0.159 e. The van der Waals surface area contributed by atoms with Crippen molar-refractivity contribution in [3.63, 3.8) is 0 Å². The molecule has 0 aliphatic rings. The van der Waals surface area contributed by atoms with E-state index in [-0.39, 0.29) is 0 Å². The number of nitrogens with zero attached hydrogens (tertiary/aromatic N) is 2. The lowest BCUT2D eigenvalue weighted by atomic mass is 10.1. The molecule has 0 aliphatic carbocycles. The summed E-state index contributed by atoms with van der Waals surface area (Å²) in [5, 5.41) is 0. The van der Waals surface area contributed by atoms with Gasteiger partial charge in [-0.3, -0.25) is 0 Å². The summed E-state index contributed by atoms with van der Waals surface area (Å²) < 4.78 is 0.901. The molecule has 3 aromatic rings. The fraction of sp³-hybridized carbons (Fsp3) is 0. The fourth-order valence-electron chi connectivity index (χ4n) is 1.89. The van der Waals surface area contributed by atoms with E-state index in [1.165, 1.54) is 0 Å². The fourth-order valence-corrected chi connectivity index (χ4v) is 2.31. The van der Waals surface area contributed by atoms with Crippen molar-refractivity contribution < 1.29 is 0 Å². The van der Waals surface area contributed by atoms with Crippen molar-refractivity contribution >= 4 is 15.9 Å². The highest BCUT2D eigenvalue weighted by Crippen LogP contribution is 2.27. The first-order valence-electron chi connectivity index (χ1n) is 5.98. The molecule has 19 heavy (non-hydrogen) atoms. The Hall–Kier alpha value is -2.00. The van der Waals surface area contributed by atoms with Crippen molar-refractivity contribution in [3.8, 4) is 22.6 Å². The van der Waals surface area contributed by atoms with E-state index in [1.807, 2.05) is 60.7 Å². The highest BCUT2D eigenvalue weighted by atomic mass is 79.9. The van der Waals surface area contributed by atoms with Crippen molar-refractivity contribution in [2.75, 3.05) is 0 Å². The maximum Gasteiger partial charge on any atom is 0.159 e. The third kappa shape index (κ3) is 2.56. The molecular formula is C16H11BrN2. The Morgan fingerprint density at radius 3 is 1.95 bits per heavy atom. The van der Waals surface area contributed by atoms with E-state index in [9.17, 15) is 0 Å². The highest BCUT2D eigenvalue weighted by Gasteiger charge is 2.08. The van der Waals surface area contributed by atoms with Crippen molar-refractivity contribution in [3.05, 3.63) is 71.3 Å². The largest absolute Gasteiger partial charge is 0.235 e. The third-order valence-corrected chi connectivity index (χ3v) is 3.40. The van der Waals surface area contributed by atoms with Crippen molar-refractivity contribution in [1.82, 2.24) is 9.97 Å². The number of aromatic nitrogens is 2. The Labute approximate surface area is 120 Å². The normalized spacial score (nSPS) is 10.4. The van der Waals surface area contributed by atoms with Crippen LogP contribution in [0.15, 0.2) is 71.3 Å². The molecule has 0 fully saturated rings. The van der Waals surface area contributed by atoms with Gasteiger partial charge in [-0.1, -0.05) is 60.7 Å². The first kappa shape index (κ1) is 12.1. The first-order valence-corrected chi connectivity index (χ1v) is 6.77. The van der Waals surface area contributed by atoms with Gasteiger partial charge in [-0.2, -0.15) is 0 Å². The van der Waals surface area contributed by atoms with E-state index in [4.69, 9.17) is 0 Å². The Bertz CT molecular complexity index is 682. The zero-order chi connectivity index (χ0) is 13.1. The summed E-state index contributed by atoms with van der Waals surface area (Å²) in [6.07, 6.45) is 1.80. The van der Waals surface area contributed by atoms with E-state index in [2.05, 4.69) is 25.9 Å². The van der Waals surface area contributed by atoms with Gasteiger partial charge in [-0.25, -0.2) is 9.97 Å². The van der Waals surface area contributed by atoms with Gasteiger partial charge in [0.05, 0.1) is 10.2 Å². The number of hydrogen-bond donors (Lipinski definition) is 0. The van der Waals surface area contributed by atoms with Crippen LogP contribution in [0.2, 0.25) is 0 Å². The lowest BCUT2D eigenvalue weighted by molar-refractivity contribution is 1.16. The van der Waals surface area contributed by atoms with Gasteiger partial charge < -0.3 is 0 Å². The van der Waals surface area contributed by atoms with Gasteiger partial charge in [0, 0.05) is 17.3 Å². The van der Waals surface area contributed by atoms with Crippen LogP contribution in [-0.4, -0.2) is 9.97 Å². The molecule has 0 atom stereocenters. The van der Waals surface area contributed by atoms with Gasteiger partial charge in [0.1, 0.15) is 0 Å². The molecule has 2 nitrogen and oxygen atoms in total. The van der Waals surface area contributed by atoms with Gasteiger partial charge in [-0.05, 0) is 15.9 Å². The molecule has 0 amide bonds. The topological polar surface area (TPSA) is 25.8 Å². The molecule has 0 bridgehead atoms. The van der Waals surface area contributed by atoms with Crippen LogP contribution in [-0.2, 0) is 0 Å². The van der Waals surface area contributed by atoms with Crippen LogP contribution in [0.4, 0.5) is 0 Å². The summed E-state index contributed by atoms with van der Waals surface area (Å²) in [5.41, 5.74) is 3.01. The maximum atomic E-state index is 4.65. The Morgan fingerprint density at radius 1 is 0.737 bits per heavy atom. The summed E-state index contributed by atoms with van der Waals surface area (Å²) in [4.78, 5) is 9.03. The number of hydrogen-bond acceptors (Lipinski definition) is 2. The maximum absolute atomic E-state index is 4.65. The molecule has 3 rings (SSSR count). The number of benzene rings is 2. The summed E-state index contributed by atoms with van der Waals surface area (Å²) in [7, 11) is 0. The minimum Gasteiger partial charge on any atom is -0.235 e. The molecule has 0 spiro atoms. The molecule has 0 N–H and O–H groups in total. The standard InChI is InChI=1S/C16H11BrN2/c17-14-11-18-16(13-9-5-2-6-10-13)19-15(14)12-7-3-1-4-8-12/h1-11H. The predicted octanol–water partition coefficient (Wildman–Crippen LogP) is 4.57. The number of halogens is 1. The molecule has 92 valence electrons. The molecule has 1 heterocycles. The quantitative estimate of drug-likeness (QED) is 0.692. The zero-order valence-electron chi connectivity index (χ0n) is 10.1. The second kappa shape index (κ2) is 5.33. The van der Waals surface area contributed by atoms with Gasteiger partial charge in [0.2, 0.25) is 0 Å². The minimum absolute atomic E-state index is 0.739. The van der Waals surface area contributed by atoms with Crippen LogP contribution in [0, 0.1) is 0 Å². The van der Waals surface area contributed by atoms with E-state index < -0.39 is 0 Å². The molecule has 0 saturated heterocycles. The Kier molecular flexibility index (Phi) is 3.38. The summed E-state index contributed by atoms with van der Waals surface area (Å²) in [5.74, 6) is 0.739. The van der Waals surface area contributed by atoms with Crippen molar-refractivity contribution in [2.24, 2.45) is 0 Å². The third-order valence-electron chi connectivity index (χ3n) is 2.82.